The molecule has 5 nitrogen and oxygen atoms in total. The van der Waals surface area contributed by atoms with Crippen LogP contribution in [0.3, 0.4) is 0 Å². The number of nitrogens with one attached hydrogen (secondary N) is 1. The summed E-state index contributed by atoms with van der Waals surface area (Å²) in [5, 5.41) is 5.03. The Kier molecular flexibility index (Phi) is 4.38. The molecule has 2 aliphatic heterocycles. The van der Waals surface area contributed by atoms with Crippen molar-refractivity contribution in [3.8, 4) is 0 Å². The number of anilines is 1. The van der Waals surface area contributed by atoms with Gasteiger partial charge in [-0.05, 0) is 30.7 Å². The van der Waals surface area contributed by atoms with Crippen LogP contribution in [0.25, 0.3) is 0 Å². The number of thioether (sulfide) groups is 1. The largest absolute Gasteiger partial charge is 0.294 e. The Morgan fingerprint density at radius 1 is 1.19 bits per heavy atom. The van der Waals surface area contributed by atoms with Crippen LogP contribution in [0.5, 0.6) is 0 Å². The van der Waals surface area contributed by atoms with Gasteiger partial charge in [-0.15, -0.1) is 0 Å². The number of aryl methyl sites for hydroxylation is 1. The number of carbonyl (C=O) groups excluding carboxylic acids is 1. The second-order valence-electron chi connectivity index (χ2n) is 6.09. The predicted octanol–water partition coefficient (Wildman–Crippen LogP) is 3.39. The molecule has 0 saturated carbocycles. The monoisotopic (exact) mass is 368 g/mol. The number of hydrogen-bond acceptors (Lipinski definition) is 5. The predicted molar refractivity (Wildman–Crippen MR) is 102 cm³/mol. The standard InChI is InChI=1S/C19H17FN4OS/c1-13-5-7-14(8-6-13)12-26-19-22-21-17-18(25)23(9-10-24(17)19)16-4-2-3-15(20)11-16/h2-11,17,21H,12H2,1H3. The molecule has 132 valence electrons. The molecule has 0 aromatic heterocycles. The summed E-state index contributed by atoms with van der Waals surface area (Å²) < 4.78 is 13.5. The summed E-state index contributed by atoms with van der Waals surface area (Å²) >= 11 is 1.56. The molecule has 26 heavy (non-hydrogen) atoms. The van der Waals surface area contributed by atoms with E-state index < -0.39 is 6.17 Å². The summed E-state index contributed by atoms with van der Waals surface area (Å²) in [5.74, 6) is 0.184. The van der Waals surface area contributed by atoms with Gasteiger partial charge in [-0.1, -0.05) is 47.7 Å². The zero-order valence-corrected chi connectivity index (χ0v) is 14.9. The van der Waals surface area contributed by atoms with Crippen LogP contribution >= 0.6 is 11.8 Å². The maximum atomic E-state index is 13.5. The second-order valence-corrected chi connectivity index (χ2v) is 7.04. The lowest BCUT2D eigenvalue weighted by atomic mass is 10.2. The lowest BCUT2D eigenvalue weighted by Crippen LogP contribution is -2.52. The Bertz CT molecular complexity index is 897. The zero-order chi connectivity index (χ0) is 18.1. The number of rotatable bonds is 3. The summed E-state index contributed by atoms with van der Waals surface area (Å²) in [5.41, 5.74) is 5.79. The van der Waals surface area contributed by atoms with Gasteiger partial charge >= 0.3 is 0 Å². The van der Waals surface area contributed by atoms with Crippen LogP contribution in [-0.2, 0) is 10.5 Å². The molecule has 7 heteroatoms. The van der Waals surface area contributed by atoms with E-state index in [2.05, 4.69) is 41.7 Å². The minimum atomic E-state index is -0.608. The fourth-order valence-electron chi connectivity index (χ4n) is 2.79. The van der Waals surface area contributed by atoms with Gasteiger partial charge in [-0.2, -0.15) is 5.10 Å². The Morgan fingerprint density at radius 2 is 2.00 bits per heavy atom. The van der Waals surface area contributed by atoms with Crippen LogP contribution in [0.2, 0.25) is 0 Å². The Hall–Kier alpha value is -2.80. The average molecular weight is 368 g/mol. The molecule has 1 atom stereocenters. The molecular weight excluding hydrogens is 351 g/mol. The van der Waals surface area contributed by atoms with Crippen molar-refractivity contribution in [3.63, 3.8) is 0 Å². The van der Waals surface area contributed by atoms with Gasteiger partial charge in [-0.25, -0.2) is 4.39 Å². The molecule has 1 amide bonds. The van der Waals surface area contributed by atoms with E-state index in [9.17, 15) is 9.18 Å². The maximum absolute atomic E-state index is 13.5. The van der Waals surface area contributed by atoms with Gasteiger partial charge in [0.25, 0.3) is 5.91 Å². The number of benzene rings is 2. The van der Waals surface area contributed by atoms with Gasteiger partial charge in [0, 0.05) is 18.2 Å². The van der Waals surface area contributed by atoms with E-state index in [1.54, 1.807) is 41.2 Å². The lowest BCUT2D eigenvalue weighted by Gasteiger charge is -2.31. The fourth-order valence-corrected chi connectivity index (χ4v) is 3.71. The zero-order valence-electron chi connectivity index (χ0n) is 14.1. The number of carbonyl (C=O) groups is 1. The molecule has 2 aromatic rings. The van der Waals surface area contributed by atoms with Crippen molar-refractivity contribution in [1.82, 2.24) is 10.3 Å². The molecule has 1 unspecified atom stereocenters. The van der Waals surface area contributed by atoms with Gasteiger partial charge in [0.2, 0.25) is 6.17 Å². The van der Waals surface area contributed by atoms with Crippen molar-refractivity contribution in [3.05, 3.63) is 77.9 Å². The quantitative estimate of drug-likeness (QED) is 0.902. The topological polar surface area (TPSA) is 47.9 Å². The third kappa shape index (κ3) is 3.17. The highest BCUT2D eigenvalue weighted by atomic mass is 32.2. The molecular formula is C19H17FN4OS. The van der Waals surface area contributed by atoms with Gasteiger partial charge in [0.1, 0.15) is 5.82 Å². The van der Waals surface area contributed by atoms with Crippen molar-refractivity contribution >= 4 is 28.5 Å². The van der Waals surface area contributed by atoms with E-state index in [0.717, 1.165) is 10.9 Å². The van der Waals surface area contributed by atoms with Crippen LogP contribution in [-0.4, -0.2) is 22.1 Å². The van der Waals surface area contributed by atoms with Crippen molar-refractivity contribution in [1.29, 1.82) is 0 Å². The van der Waals surface area contributed by atoms with Crippen molar-refractivity contribution in [2.45, 2.75) is 18.8 Å². The molecule has 0 aliphatic carbocycles. The number of amidine groups is 1. The van der Waals surface area contributed by atoms with E-state index in [0.29, 0.717) is 5.69 Å². The first-order chi connectivity index (χ1) is 12.6. The van der Waals surface area contributed by atoms with E-state index in [1.807, 2.05) is 0 Å². The van der Waals surface area contributed by atoms with Crippen LogP contribution < -0.4 is 10.3 Å². The number of fused-ring (bicyclic) bond motifs is 1. The summed E-state index contributed by atoms with van der Waals surface area (Å²) in [6.45, 7) is 2.06. The summed E-state index contributed by atoms with van der Waals surface area (Å²) in [4.78, 5) is 16.0. The lowest BCUT2D eigenvalue weighted by molar-refractivity contribution is -0.122. The van der Waals surface area contributed by atoms with Gasteiger partial charge < -0.3 is 0 Å². The van der Waals surface area contributed by atoms with Gasteiger partial charge in [0.05, 0.1) is 5.69 Å². The van der Waals surface area contributed by atoms with Crippen LogP contribution in [0.1, 0.15) is 11.1 Å². The number of hydrazone groups is 1. The smallest absolute Gasteiger partial charge is 0.276 e. The van der Waals surface area contributed by atoms with Crippen molar-refractivity contribution in [2.75, 3.05) is 4.90 Å². The molecule has 0 saturated heterocycles. The summed E-state index contributed by atoms with van der Waals surface area (Å²) in [7, 11) is 0. The Morgan fingerprint density at radius 3 is 2.77 bits per heavy atom. The summed E-state index contributed by atoms with van der Waals surface area (Å²) in [6, 6.07) is 14.3. The molecule has 2 aromatic carbocycles. The van der Waals surface area contributed by atoms with Gasteiger partial charge in [0.15, 0.2) is 5.17 Å². The minimum Gasteiger partial charge on any atom is -0.294 e. The van der Waals surface area contributed by atoms with Crippen molar-refractivity contribution < 1.29 is 9.18 Å². The highest BCUT2D eigenvalue weighted by molar-refractivity contribution is 8.13. The SMILES string of the molecule is Cc1ccc(CSC2=NNC3C(=O)N(c4cccc(F)c4)C=CN23)cc1. The molecule has 0 spiro atoms. The molecule has 2 heterocycles. The van der Waals surface area contributed by atoms with Crippen LogP contribution in [0.15, 0.2) is 66.0 Å². The number of nitrogens with zero attached hydrogens (tertiary/aromatic N) is 3. The number of halogens is 1. The van der Waals surface area contributed by atoms with E-state index in [4.69, 9.17) is 0 Å². The maximum Gasteiger partial charge on any atom is 0.276 e. The first-order valence-electron chi connectivity index (χ1n) is 8.19. The van der Waals surface area contributed by atoms with Gasteiger partial charge in [-0.3, -0.25) is 20.0 Å². The minimum absolute atomic E-state index is 0.201. The van der Waals surface area contributed by atoms with E-state index in [-0.39, 0.29) is 11.7 Å². The van der Waals surface area contributed by atoms with Crippen LogP contribution in [0.4, 0.5) is 10.1 Å². The van der Waals surface area contributed by atoms with E-state index in [1.165, 1.54) is 28.2 Å². The number of hydrogen-bond donors (Lipinski definition) is 1. The third-order valence-corrected chi connectivity index (χ3v) is 5.24. The number of amides is 1. The third-order valence-electron chi connectivity index (χ3n) is 4.20. The summed E-state index contributed by atoms with van der Waals surface area (Å²) in [6.07, 6.45) is 2.82. The molecule has 4 rings (SSSR count). The average Bonchev–Trinajstić information content (AvgIpc) is 3.05. The first kappa shape index (κ1) is 16.7. The van der Waals surface area contributed by atoms with Crippen LogP contribution in [0, 0.1) is 12.7 Å². The fraction of sp³-hybridized carbons (Fsp3) is 0.158. The van der Waals surface area contributed by atoms with Crippen molar-refractivity contribution in [2.24, 2.45) is 5.10 Å². The Labute approximate surface area is 155 Å². The normalized spacial score (nSPS) is 18.6. The molecule has 1 N–H and O–H groups in total. The first-order valence-corrected chi connectivity index (χ1v) is 9.17. The molecule has 0 bridgehead atoms. The highest BCUT2D eigenvalue weighted by Crippen LogP contribution is 2.27. The van der Waals surface area contributed by atoms with E-state index >= 15 is 0 Å². The molecule has 2 aliphatic rings. The molecule has 0 radical (unpaired) electrons. The Balaban J connectivity index is 1.47. The molecule has 0 fully saturated rings. The second kappa shape index (κ2) is 6.84. The highest BCUT2D eigenvalue weighted by Gasteiger charge is 2.38.